The van der Waals surface area contributed by atoms with E-state index in [1.165, 1.54) is 0 Å². The number of aryl methyl sites for hydroxylation is 1. The van der Waals surface area contributed by atoms with Gasteiger partial charge in [-0.25, -0.2) is 9.97 Å². The minimum atomic E-state index is 0.627. The van der Waals surface area contributed by atoms with Gasteiger partial charge >= 0.3 is 0 Å². The molecule has 94 valence electrons. The number of rotatable bonds is 2. The fraction of sp³-hybridized carbons (Fsp3) is 0.231. The normalized spacial score (nSPS) is 10.5. The zero-order valence-electron chi connectivity index (χ0n) is 10.4. The molecule has 0 spiro atoms. The van der Waals surface area contributed by atoms with E-state index in [9.17, 15) is 0 Å². The van der Waals surface area contributed by atoms with Crippen LogP contribution in [0.1, 0.15) is 11.4 Å². The lowest BCUT2D eigenvalue weighted by atomic mass is 10.1. The van der Waals surface area contributed by atoms with E-state index in [2.05, 4.69) is 15.3 Å². The third-order valence-electron chi connectivity index (χ3n) is 2.68. The quantitative estimate of drug-likeness (QED) is 0.900. The monoisotopic (exact) mass is 281 g/mol. The molecule has 0 aliphatic rings. The molecule has 0 saturated carbocycles. The Hall–Kier alpha value is -1.32. The zero-order valence-corrected chi connectivity index (χ0v) is 11.9. The third-order valence-corrected chi connectivity index (χ3v) is 3.24. The number of anilines is 1. The summed E-state index contributed by atoms with van der Waals surface area (Å²) in [5, 5.41) is 4.32. The van der Waals surface area contributed by atoms with Gasteiger partial charge in [0.1, 0.15) is 11.6 Å². The van der Waals surface area contributed by atoms with Gasteiger partial charge in [-0.15, -0.1) is 0 Å². The average Bonchev–Trinajstić information content (AvgIpc) is 2.35. The molecular formula is C13H13Cl2N3. The molecule has 0 saturated heterocycles. The van der Waals surface area contributed by atoms with Gasteiger partial charge in [0.05, 0.1) is 10.7 Å². The Bertz CT molecular complexity index is 597. The van der Waals surface area contributed by atoms with E-state index in [-0.39, 0.29) is 0 Å². The Labute approximate surface area is 116 Å². The van der Waals surface area contributed by atoms with E-state index in [1.54, 1.807) is 12.1 Å². The molecule has 0 atom stereocenters. The molecule has 0 unspecified atom stereocenters. The largest absolute Gasteiger partial charge is 0.373 e. The van der Waals surface area contributed by atoms with Crippen molar-refractivity contribution in [1.82, 2.24) is 9.97 Å². The summed E-state index contributed by atoms with van der Waals surface area (Å²) in [4.78, 5) is 8.79. The first-order valence-corrected chi connectivity index (χ1v) is 6.27. The van der Waals surface area contributed by atoms with Crippen molar-refractivity contribution in [3.05, 3.63) is 39.6 Å². The number of nitrogens with zero attached hydrogens (tertiary/aromatic N) is 2. The fourth-order valence-electron chi connectivity index (χ4n) is 1.81. The van der Waals surface area contributed by atoms with E-state index in [0.29, 0.717) is 15.9 Å². The van der Waals surface area contributed by atoms with Crippen molar-refractivity contribution in [2.24, 2.45) is 0 Å². The van der Waals surface area contributed by atoms with Crippen molar-refractivity contribution in [2.45, 2.75) is 13.8 Å². The van der Waals surface area contributed by atoms with E-state index >= 15 is 0 Å². The van der Waals surface area contributed by atoms with Crippen molar-refractivity contribution < 1.29 is 0 Å². The summed E-state index contributed by atoms with van der Waals surface area (Å²) in [6, 6.07) is 5.35. The van der Waals surface area contributed by atoms with Crippen LogP contribution in [0.4, 0.5) is 5.82 Å². The molecule has 18 heavy (non-hydrogen) atoms. The second kappa shape index (κ2) is 5.12. The maximum absolute atomic E-state index is 6.21. The standard InChI is InChI=1S/C13H13Cl2N3/c1-7-12(17-8(2)18-13(7)16-3)10-6-9(14)4-5-11(10)15/h4-6H,1-3H3,(H,16,17,18). The van der Waals surface area contributed by atoms with Gasteiger partial charge in [-0.2, -0.15) is 0 Å². The van der Waals surface area contributed by atoms with Gasteiger partial charge < -0.3 is 5.32 Å². The average molecular weight is 282 g/mol. The second-order valence-electron chi connectivity index (χ2n) is 3.97. The maximum Gasteiger partial charge on any atom is 0.132 e. The molecule has 2 aromatic rings. The van der Waals surface area contributed by atoms with Gasteiger partial charge in [0.25, 0.3) is 0 Å². The first-order chi connectivity index (χ1) is 8.52. The lowest BCUT2D eigenvalue weighted by Gasteiger charge is -2.12. The highest BCUT2D eigenvalue weighted by atomic mass is 35.5. The molecule has 3 nitrogen and oxygen atoms in total. The second-order valence-corrected chi connectivity index (χ2v) is 4.81. The van der Waals surface area contributed by atoms with Crippen LogP contribution in [0.25, 0.3) is 11.3 Å². The lowest BCUT2D eigenvalue weighted by Crippen LogP contribution is -2.02. The van der Waals surface area contributed by atoms with Crippen LogP contribution >= 0.6 is 23.2 Å². The topological polar surface area (TPSA) is 37.8 Å². The molecule has 0 aliphatic heterocycles. The summed E-state index contributed by atoms with van der Waals surface area (Å²) in [6.45, 7) is 3.81. The van der Waals surface area contributed by atoms with Crippen LogP contribution in [0.2, 0.25) is 10.0 Å². The molecule has 0 bridgehead atoms. The minimum Gasteiger partial charge on any atom is -0.373 e. The van der Waals surface area contributed by atoms with Crippen molar-refractivity contribution in [2.75, 3.05) is 12.4 Å². The molecular weight excluding hydrogens is 269 g/mol. The molecule has 0 amide bonds. The zero-order chi connectivity index (χ0) is 13.3. The van der Waals surface area contributed by atoms with Crippen molar-refractivity contribution in [3.63, 3.8) is 0 Å². The smallest absolute Gasteiger partial charge is 0.132 e. The highest BCUT2D eigenvalue weighted by molar-refractivity contribution is 6.35. The molecule has 1 aromatic carbocycles. The highest BCUT2D eigenvalue weighted by Crippen LogP contribution is 2.33. The molecule has 0 radical (unpaired) electrons. The van der Waals surface area contributed by atoms with Crippen molar-refractivity contribution >= 4 is 29.0 Å². The number of aromatic nitrogens is 2. The van der Waals surface area contributed by atoms with Gasteiger partial charge in [-0.1, -0.05) is 23.2 Å². The first kappa shape index (κ1) is 13.1. The number of halogens is 2. The minimum absolute atomic E-state index is 0.627. The number of nitrogens with one attached hydrogen (secondary N) is 1. The van der Waals surface area contributed by atoms with Crippen LogP contribution in [0, 0.1) is 13.8 Å². The van der Waals surface area contributed by atoms with Gasteiger partial charge in [-0.05, 0) is 32.0 Å². The molecule has 2 rings (SSSR count). The Kier molecular flexibility index (Phi) is 3.73. The molecule has 1 N–H and O–H groups in total. The number of hydrogen-bond acceptors (Lipinski definition) is 3. The highest BCUT2D eigenvalue weighted by Gasteiger charge is 2.13. The van der Waals surface area contributed by atoms with Crippen LogP contribution in [-0.2, 0) is 0 Å². The van der Waals surface area contributed by atoms with Crippen molar-refractivity contribution in [3.8, 4) is 11.3 Å². The van der Waals surface area contributed by atoms with E-state index in [0.717, 1.165) is 22.6 Å². The Balaban J connectivity index is 2.70. The molecule has 0 fully saturated rings. The SMILES string of the molecule is CNc1nc(C)nc(-c2cc(Cl)ccc2Cl)c1C. The summed E-state index contributed by atoms with van der Waals surface area (Å²) in [5.41, 5.74) is 2.58. The van der Waals surface area contributed by atoms with Crippen LogP contribution in [0.3, 0.4) is 0 Å². The van der Waals surface area contributed by atoms with Crippen molar-refractivity contribution in [1.29, 1.82) is 0 Å². The summed E-state index contributed by atoms with van der Waals surface area (Å²) < 4.78 is 0. The number of benzene rings is 1. The maximum atomic E-state index is 6.21. The van der Waals surface area contributed by atoms with Crippen LogP contribution < -0.4 is 5.32 Å². The van der Waals surface area contributed by atoms with Gasteiger partial charge in [0.15, 0.2) is 0 Å². The van der Waals surface area contributed by atoms with Gasteiger partial charge in [0, 0.05) is 23.2 Å². The van der Waals surface area contributed by atoms with E-state index in [4.69, 9.17) is 23.2 Å². The molecule has 0 aliphatic carbocycles. The van der Waals surface area contributed by atoms with E-state index in [1.807, 2.05) is 27.0 Å². The van der Waals surface area contributed by atoms with Crippen LogP contribution in [-0.4, -0.2) is 17.0 Å². The molecule has 1 heterocycles. The summed E-state index contributed by atoms with van der Waals surface area (Å²) in [5.74, 6) is 1.49. The van der Waals surface area contributed by atoms with E-state index < -0.39 is 0 Å². The molecule has 5 heteroatoms. The lowest BCUT2D eigenvalue weighted by molar-refractivity contribution is 1.04. The van der Waals surface area contributed by atoms with Gasteiger partial charge in [-0.3, -0.25) is 0 Å². The Morgan fingerprint density at radius 1 is 1.11 bits per heavy atom. The number of hydrogen-bond donors (Lipinski definition) is 1. The summed E-state index contributed by atoms with van der Waals surface area (Å²) in [7, 11) is 1.83. The van der Waals surface area contributed by atoms with Crippen LogP contribution in [0.5, 0.6) is 0 Å². The third kappa shape index (κ3) is 2.42. The predicted molar refractivity (Wildman–Crippen MR) is 76.5 cm³/mol. The van der Waals surface area contributed by atoms with Crippen LogP contribution in [0.15, 0.2) is 18.2 Å². The first-order valence-electron chi connectivity index (χ1n) is 5.51. The Morgan fingerprint density at radius 2 is 1.83 bits per heavy atom. The van der Waals surface area contributed by atoms with Gasteiger partial charge in [0.2, 0.25) is 0 Å². The fourth-order valence-corrected chi connectivity index (χ4v) is 2.19. The molecule has 1 aromatic heterocycles. The summed E-state index contributed by atoms with van der Waals surface area (Å²) >= 11 is 12.2. The summed E-state index contributed by atoms with van der Waals surface area (Å²) in [6.07, 6.45) is 0. The Morgan fingerprint density at radius 3 is 2.50 bits per heavy atom. The predicted octanol–water partition coefficient (Wildman–Crippen LogP) is 4.11.